The highest BCUT2D eigenvalue weighted by atomic mass is 35.5. The lowest BCUT2D eigenvalue weighted by Crippen LogP contribution is -2.05. The predicted molar refractivity (Wildman–Crippen MR) is 91.4 cm³/mol. The second-order valence-electron chi connectivity index (χ2n) is 4.89. The number of benzene rings is 1. The highest BCUT2D eigenvalue weighted by Gasteiger charge is 2.13. The Morgan fingerprint density at radius 3 is 2.81 bits per heavy atom. The van der Waals surface area contributed by atoms with Crippen LogP contribution in [0.15, 0.2) is 29.6 Å². The molecule has 2 heterocycles. The van der Waals surface area contributed by atoms with Crippen LogP contribution in [0.4, 0.5) is 5.82 Å². The molecule has 5 heteroatoms. The number of halogens is 1. The quantitative estimate of drug-likeness (QED) is 0.723. The van der Waals surface area contributed by atoms with E-state index in [1.54, 1.807) is 11.3 Å². The summed E-state index contributed by atoms with van der Waals surface area (Å²) in [5.74, 6) is 1.57. The van der Waals surface area contributed by atoms with Gasteiger partial charge in [0, 0.05) is 11.9 Å². The summed E-state index contributed by atoms with van der Waals surface area (Å²) in [5, 5.41) is 7.12. The molecule has 2 aromatic heterocycles. The average Bonchev–Trinajstić information content (AvgIpc) is 2.91. The third kappa shape index (κ3) is 2.74. The first-order valence-corrected chi connectivity index (χ1v) is 8.21. The predicted octanol–water partition coefficient (Wildman–Crippen LogP) is 5.14. The van der Waals surface area contributed by atoms with Crippen molar-refractivity contribution in [1.82, 2.24) is 9.97 Å². The third-order valence-electron chi connectivity index (χ3n) is 3.29. The molecule has 0 amide bonds. The number of thiophene rings is 1. The fourth-order valence-corrected chi connectivity index (χ4v) is 3.30. The van der Waals surface area contributed by atoms with Gasteiger partial charge in [0.05, 0.1) is 15.4 Å². The molecule has 0 saturated heterocycles. The Morgan fingerprint density at radius 1 is 1.24 bits per heavy atom. The lowest BCUT2D eigenvalue weighted by Gasteiger charge is -2.11. The average molecular weight is 318 g/mol. The van der Waals surface area contributed by atoms with Gasteiger partial charge in [0.15, 0.2) is 5.82 Å². The minimum atomic E-state index is 0.690. The molecule has 0 spiro atoms. The Balaban J connectivity index is 2.23. The highest BCUT2D eigenvalue weighted by molar-refractivity contribution is 7.14. The lowest BCUT2D eigenvalue weighted by atomic mass is 10.1. The molecule has 1 N–H and O–H groups in total. The molecular weight excluding hydrogens is 302 g/mol. The SMILES string of the molecule is CCCNc1nc(-c2sccc2Cl)nc2c(C)cccc12. The van der Waals surface area contributed by atoms with Crippen LogP contribution in [0, 0.1) is 6.92 Å². The largest absolute Gasteiger partial charge is 0.369 e. The number of hydrogen-bond acceptors (Lipinski definition) is 4. The Hall–Kier alpha value is -1.65. The van der Waals surface area contributed by atoms with Crippen molar-refractivity contribution in [1.29, 1.82) is 0 Å². The third-order valence-corrected chi connectivity index (χ3v) is 4.63. The van der Waals surface area contributed by atoms with Crippen LogP contribution >= 0.6 is 22.9 Å². The zero-order valence-electron chi connectivity index (χ0n) is 12.0. The molecule has 0 aliphatic rings. The van der Waals surface area contributed by atoms with Gasteiger partial charge >= 0.3 is 0 Å². The van der Waals surface area contributed by atoms with Crippen molar-refractivity contribution in [3.63, 3.8) is 0 Å². The minimum Gasteiger partial charge on any atom is -0.369 e. The van der Waals surface area contributed by atoms with E-state index >= 15 is 0 Å². The van der Waals surface area contributed by atoms with E-state index in [0.717, 1.165) is 40.1 Å². The van der Waals surface area contributed by atoms with Crippen LogP contribution in [0.3, 0.4) is 0 Å². The Labute approximate surface area is 133 Å². The Bertz CT molecular complexity index is 782. The van der Waals surface area contributed by atoms with Crippen LogP contribution in [0.1, 0.15) is 18.9 Å². The standard InChI is InChI=1S/C16H16ClN3S/c1-3-8-18-15-11-6-4-5-10(2)13(11)19-16(20-15)14-12(17)7-9-21-14/h4-7,9H,3,8H2,1-2H3,(H,18,19,20). The summed E-state index contributed by atoms with van der Waals surface area (Å²) >= 11 is 7.80. The first-order chi connectivity index (χ1) is 10.2. The molecular formula is C16H16ClN3S. The first-order valence-electron chi connectivity index (χ1n) is 6.95. The van der Waals surface area contributed by atoms with E-state index in [-0.39, 0.29) is 0 Å². The number of hydrogen-bond donors (Lipinski definition) is 1. The fourth-order valence-electron chi connectivity index (χ4n) is 2.23. The molecule has 3 aromatic rings. The van der Waals surface area contributed by atoms with Gasteiger partial charge in [-0.2, -0.15) is 0 Å². The van der Waals surface area contributed by atoms with Crippen LogP contribution in [0.25, 0.3) is 21.6 Å². The van der Waals surface area contributed by atoms with Crippen molar-refractivity contribution >= 4 is 39.7 Å². The van der Waals surface area contributed by atoms with Crippen molar-refractivity contribution in [2.24, 2.45) is 0 Å². The van der Waals surface area contributed by atoms with Crippen molar-refractivity contribution < 1.29 is 0 Å². The lowest BCUT2D eigenvalue weighted by molar-refractivity contribution is 0.970. The van der Waals surface area contributed by atoms with E-state index in [4.69, 9.17) is 16.6 Å². The molecule has 0 aliphatic heterocycles. The summed E-state index contributed by atoms with van der Waals surface area (Å²) in [5.41, 5.74) is 2.12. The fraction of sp³-hybridized carbons (Fsp3) is 0.250. The second-order valence-corrected chi connectivity index (χ2v) is 6.21. The molecule has 21 heavy (non-hydrogen) atoms. The van der Waals surface area contributed by atoms with Crippen LogP contribution in [-0.2, 0) is 0 Å². The maximum atomic E-state index is 6.23. The van der Waals surface area contributed by atoms with E-state index in [2.05, 4.69) is 36.3 Å². The molecule has 0 radical (unpaired) electrons. The van der Waals surface area contributed by atoms with Gasteiger partial charge in [0.1, 0.15) is 5.82 Å². The van der Waals surface area contributed by atoms with Crippen molar-refractivity contribution in [2.45, 2.75) is 20.3 Å². The number of nitrogens with zero attached hydrogens (tertiary/aromatic N) is 2. The van der Waals surface area contributed by atoms with Gasteiger partial charge in [0.25, 0.3) is 0 Å². The minimum absolute atomic E-state index is 0.690. The molecule has 0 saturated carbocycles. The van der Waals surface area contributed by atoms with Gasteiger partial charge in [-0.25, -0.2) is 9.97 Å². The number of aromatic nitrogens is 2. The normalized spacial score (nSPS) is 11.0. The van der Waals surface area contributed by atoms with Crippen LogP contribution in [0.5, 0.6) is 0 Å². The van der Waals surface area contributed by atoms with Crippen LogP contribution in [-0.4, -0.2) is 16.5 Å². The molecule has 3 nitrogen and oxygen atoms in total. The molecule has 3 rings (SSSR count). The summed E-state index contributed by atoms with van der Waals surface area (Å²) in [6.07, 6.45) is 1.05. The summed E-state index contributed by atoms with van der Waals surface area (Å²) in [6, 6.07) is 8.04. The summed E-state index contributed by atoms with van der Waals surface area (Å²) in [6.45, 7) is 5.09. The van der Waals surface area contributed by atoms with E-state index in [9.17, 15) is 0 Å². The first kappa shape index (κ1) is 14.3. The van der Waals surface area contributed by atoms with E-state index in [1.807, 2.05) is 17.5 Å². The van der Waals surface area contributed by atoms with Crippen LogP contribution < -0.4 is 5.32 Å². The molecule has 0 aliphatic carbocycles. The smallest absolute Gasteiger partial charge is 0.173 e. The second kappa shape index (κ2) is 6.00. The maximum absolute atomic E-state index is 6.23. The molecule has 0 unspecified atom stereocenters. The highest BCUT2D eigenvalue weighted by Crippen LogP contribution is 2.34. The zero-order valence-corrected chi connectivity index (χ0v) is 13.6. The van der Waals surface area contributed by atoms with Gasteiger partial charge < -0.3 is 5.32 Å². The molecule has 108 valence electrons. The van der Waals surface area contributed by atoms with E-state index in [1.165, 1.54) is 0 Å². The Morgan fingerprint density at radius 2 is 2.10 bits per heavy atom. The maximum Gasteiger partial charge on any atom is 0.173 e. The number of para-hydroxylation sites is 1. The zero-order chi connectivity index (χ0) is 14.8. The topological polar surface area (TPSA) is 37.8 Å². The number of nitrogens with one attached hydrogen (secondary N) is 1. The van der Waals surface area contributed by atoms with Gasteiger partial charge in [-0.15, -0.1) is 11.3 Å². The van der Waals surface area contributed by atoms with Gasteiger partial charge in [-0.05, 0) is 36.4 Å². The van der Waals surface area contributed by atoms with Crippen molar-refractivity contribution in [3.05, 3.63) is 40.2 Å². The number of anilines is 1. The molecule has 0 bridgehead atoms. The Kier molecular flexibility index (Phi) is 4.08. The summed E-state index contributed by atoms with van der Waals surface area (Å²) in [4.78, 5) is 10.3. The molecule has 0 atom stereocenters. The molecule has 1 aromatic carbocycles. The van der Waals surface area contributed by atoms with Crippen molar-refractivity contribution in [3.8, 4) is 10.7 Å². The van der Waals surface area contributed by atoms with Crippen LogP contribution in [0.2, 0.25) is 5.02 Å². The summed E-state index contributed by atoms with van der Waals surface area (Å²) < 4.78 is 0. The number of aryl methyl sites for hydroxylation is 1. The molecule has 0 fully saturated rings. The van der Waals surface area contributed by atoms with Crippen molar-refractivity contribution in [2.75, 3.05) is 11.9 Å². The van der Waals surface area contributed by atoms with Gasteiger partial charge in [-0.3, -0.25) is 0 Å². The monoisotopic (exact) mass is 317 g/mol. The van der Waals surface area contributed by atoms with E-state index in [0.29, 0.717) is 10.8 Å². The van der Waals surface area contributed by atoms with E-state index < -0.39 is 0 Å². The number of fused-ring (bicyclic) bond motifs is 1. The number of rotatable bonds is 4. The van der Waals surface area contributed by atoms with Gasteiger partial charge in [-0.1, -0.05) is 30.7 Å². The summed E-state index contributed by atoms with van der Waals surface area (Å²) in [7, 11) is 0. The van der Waals surface area contributed by atoms with Gasteiger partial charge in [0.2, 0.25) is 0 Å².